The van der Waals surface area contributed by atoms with E-state index in [1.54, 1.807) is 10.7 Å². The van der Waals surface area contributed by atoms with E-state index in [2.05, 4.69) is 10.4 Å². The number of carbonyl (C=O) groups excluding carboxylic acids is 1. The zero-order valence-electron chi connectivity index (χ0n) is 17.6. The van der Waals surface area contributed by atoms with Gasteiger partial charge in [-0.15, -0.1) is 11.3 Å². The Kier molecular flexibility index (Phi) is 6.86. The second-order valence-corrected chi connectivity index (χ2v) is 8.60. The van der Waals surface area contributed by atoms with E-state index in [1.165, 1.54) is 23.5 Å². The van der Waals surface area contributed by atoms with Gasteiger partial charge in [-0.3, -0.25) is 9.48 Å². The first kappa shape index (κ1) is 23.0. The van der Waals surface area contributed by atoms with E-state index in [9.17, 15) is 18.0 Å². The van der Waals surface area contributed by atoms with Crippen LogP contribution in [0.4, 0.5) is 13.2 Å². The smallest absolute Gasteiger partial charge is 0.347 e. The topological polar surface area (TPSA) is 72.9 Å². The van der Waals surface area contributed by atoms with Crippen LogP contribution in [0.2, 0.25) is 0 Å². The number of hydrogen-bond donors (Lipinski definition) is 2. The minimum absolute atomic E-state index is 0.00312. The van der Waals surface area contributed by atoms with E-state index >= 15 is 0 Å². The quantitative estimate of drug-likeness (QED) is 0.563. The van der Waals surface area contributed by atoms with Gasteiger partial charge < -0.3 is 11.1 Å². The summed E-state index contributed by atoms with van der Waals surface area (Å²) in [5, 5.41) is 7.10. The fourth-order valence-corrected chi connectivity index (χ4v) is 4.53. The molecule has 166 valence electrons. The van der Waals surface area contributed by atoms with Crippen molar-refractivity contribution in [1.82, 2.24) is 15.1 Å². The summed E-state index contributed by atoms with van der Waals surface area (Å²) in [5.41, 5.74) is 8.15. The lowest BCUT2D eigenvalue weighted by Gasteiger charge is -2.19. The maximum absolute atomic E-state index is 13.3. The van der Waals surface area contributed by atoms with Gasteiger partial charge in [0, 0.05) is 30.1 Å². The first-order valence-corrected chi connectivity index (χ1v) is 10.7. The Balaban J connectivity index is 1.81. The number of thiophene rings is 1. The molecule has 3 rings (SSSR count). The number of nitrogens with one attached hydrogen (secondary N) is 1. The van der Waals surface area contributed by atoms with E-state index in [0.717, 1.165) is 34.2 Å². The second-order valence-electron chi connectivity index (χ2n) is 7.34. The summed E-state index contributed by atoms with van der Waals surface area (Å²) in [6.45, 7) is 4.00. The molecule has 0 saturated heterocycles. The number of alkyl halides is 3. The Hall–Kier alpha value is -2.65. The molecule has 2 heterocycles. The molecule has 2 aromatic heterocycles. The molecule has 1 aromatic carbocycles. The van der Waals surface area contributed by atoms with Gasteiger partial charge in [0.15, 0.2) is 0 Å². The molecule has 9 heteroatoms. The molecule has 1 unspecified atom stereocenters. The Morgan fingerprint density at radius 3 is 2.65 bits per heavy atom. The number of aryl methyl sites for hydroxylation is 3. The summed E-state index contributed by atoms with van der Waals surface area (Å²) in [6.07, 6.45) is -1.83. The number of carbonyl (C=O) groups is 1. The zero-order valence-corrected chi connectivity index (χ0v) is 18.4. The number of nitrogens with zero attached hydrogens (tertiary/aromatic N) is 2. The van der Waals surface area contributed by atoms with Crippen LogP contribution in [0.5, 0.6) is 0 Å². The van der Waals surface area contributed by atoms with Crippen molar-refractivity contribution < 1.29 is 18.0 Å². The van der Waals surface area contributed by atoms with Crippen molar-refractivity contribution in [3.05, 3.63) is 63.0 Å². The highest BCUT2D eigenvalue weighted by Gasteiger charge is 2.33. The van der Waals surface area contributed by atoms with Crippen molar-refractivity contribution in [2.75, 3.05) is 6.54 Å². The summed E-state index contributed by atoms with van der Waals surface area (Å²) in [5.74, 6) is -0.348. The molecule has 0 aliphatic carbocycles. The van der Waals surface area contributed by atoms with Crippen LogP contribution >= 0.6 is 11.3 Å². The molecule has 0 fully saturated rings. The summed E-state index contributed by atoms with van der Waals surface area (Å²) < 4.78 is 41.6. The van der Waals surface area contributed by atoms with E-state index in [4.69, 9.17) is 5.73 Å². The van der Waals surface area contributed by atoms with Crippen molar-refractivity contribution in [3.63, 3.8) is 0 Å². The number of amides is 1. The lowest BCUT2D eigenvalue weighted by molar-refractivity contribution is -0.138. The molecule has 3 aromatic rings. The number of nitrogens with two attached hydrogens (primary N) is 1. The first-order chi connectivity index (χ1) is 14.7. The van der Waals surface area contributed by atoms with Crippen LogP contribution in [0.25, 0.3) is 11.3 Å². The SMILES string of the molecule is CCc1cnn(C)c1-c1cc(C(=O)NC(CN)Cc2ccccc2C(F)(F)F)sc1C. The Morgan fingerprint density at radius 2 is 2.00 bits per heavy atom. The van der Waals surface area contributed by atoms with E-state index in [1.807, 2.05) is 33.2 Å². The van der Waals surface area contributed by atoms with Crippen LogP contribution in [0.15, 0.2) is 36.5 Å². The maximum Gasteiger partial charge on any atom is 0.416 e. The van der Waals surface area contributed by atoms with Gasteiger partial charge in [0.25, 0.3) is 5.91 Å². The van der Waals surface area contributed by atoms with Gasteiger partial charge in [0.1, 0.15) is 0 Å². The fourth-order valence-electron chi connectivity index (χ4n) is 3.61. The minimum Gasteiger partial charge on any atom is -0.347 e. The predicted molar refractivity (Wildman–Crippen MR) is 116 cm³/mol. The van der Waals surface area contributed by atoms with Crippen molar-refractivity contribution in [1.29, 1.82) is 0 Å². The monoisotopic (exact) mass is 450 g/mol. The fraction of sp³-hybridized carbons (Fsp3) is 0.364. The Morgan fingerprint density at radius 1 is 1.29 bits per heavy atom. The summed E-state index contributed by atoms with van der Waals surface area (Å²) in [6, 6.07) is 6.54. The van der Waals surface area contributed by atoms with Crippen molar-refractivity contribution in [2.45, 2.75) is 38.9 Å². The van der Waals surface area contributed by atoms with Gasteiger partial charge in [0.05, 0.1) is 22.3 Å². The number of hydrogen-bond acceptors (Lipinski definition) is 4. The summed E-state index contributed by atoms with van der Waals surface area (Å²) in [7, 11) is 1.86. The number of halogens is 3. The lowest BCUT2D eigenvalue weighted by atomic mass is 9.99. The molecule has 0 bridgehead atoms. The predicted octanol–water partition coefficient (Wildman–Crippen LogP) is 4.34. The minimum atomic E-state index is -4.46. The first-order valence-electron chi connectivity index (χ1n) is 9.93. The van der Waals surface area contributed by atoms with E-state index < -0.39 is 17.8 Å². The molecule has 1 amide bonds. The Bertz CT molecular complexity index is 1070. The maximum atomic E-state index is 13.3. The van der Waals surface area contributed by atoms with Gasteiger partial charge in [-0.2, -0.15) is 18.3 Å². The number of rotatable bonds is 7. The van der Waals surface area contributed by atoms with Gasteiger partial charge in [0.2, 0.25) is 0 Å². The molecule has 0 radical (unpaired) electrons. The van der Waals surface area contributed by atoms with Gasteiger partial charge in [-0.25, -0.2) is 0 Å². The van der Waals surface area contributed by atoms with Crippen LogP contribution in [0, 0.1) is 6.92 Å². The van der Waals surface area contributed by atoms with Gasteiger partial charge >= 0.3 is 6.18 Å². The normalized spacial score (nSPS) is 12.7. The van der Waals surface area contributed by atoms with E-state index in [0.29, 0.717) is 4.88 Å². The second kappa shape index (κ2) is 9.23. The van der Waals surface area contributed by atoms with Gasteiger partial charge in [-0.1, -0.05) is 25.1 Å². The van der Waals surface area contributed by atoms with Crippen LogP contribution in [0.1, 0.15) is 38.2 Å². The van der Waals surface area contributed by atoms with Crippen LogP contribution in [-0.4, -0.2) is 28.3 Å². The van der Waals surface area contributed by atoms with Crippen molar-refractivity contribution >= 4 is 17.2 Å². The third-order valence-corrected chi connectivity index (χ3v) is 6.25. The molecule has 31 heavy (non-hydrogen) atoms. The molecule has 0 aliphatic heterocycles. The molecule has 0 aliphatic rings. The molecular formula is C22H25F3N4OS. The molecule has 3 N–H and O–H groups in total. The third kappa shape index (κ3) is 4.99. The molecule has 0 spiro atoms. The van der Waals surface area contributed by atoms with E-state index in [-0.39, 0.29) is 24.4 Å². The molecular weight excluding hydrogens is 425 g/mol. The third-order valence-electron chi connectivity index (χ3n) is 5.20. The molecule has 5 nitrogen and oxygen atoms in total. The highest BCUT2D eigenvalue weighted by Crippen LogP contribution is 2.34. The largest absolute Gasteiger partial charge is 0.416 e. The van der Waals surface area contributed by atoms with Crippen LogP contribution in [-0.2, 0) is 26.1 Å². The highest BCUT2D eigenvalue weighted by atomic mass is 32.1. The van der Waals surface area contributed by atoms with Crippen molar-refractivity contribution in [2.24, 2.45) is 12.8 Å². The zero-order chi connectivity index (χ0) is 22.8. The Labute approximate surface area is 183 Å². The number of aromatic nitrogens is 2. The van der Waals surface area contributed by atoms with Crippen LogP contribution < -0.4 is 11.1 Å². The number of benzene rings is 1. The summed E-state index contributed by atoms with van der Waals surface area (Å²) >= 11 is 1.34. The molecule has 0 saturated carbocycles. The lowest BCUT2D eigenvalue weighted by Crippen LogP contribution is -2.41. The van der Waals surface area contributed by atoms with Crippen molar-refractivity contribution in [3.8, 4) is 11.3 Å². The standard InChI is InChI=1S/C22H25F3N4OS/c1-4-14-12-27-29(3)20(14)17-10-19(31-13(17)2)21(30)28-16(11-26)9-15-7-5-6-8-18(15)22(23,24)25/h5-8,10,12,16H,4,9,11,26H2,1-3H3,(H,28,30). The van der Waals surface area contributed by atoms with Gasteiger partial charge in [-0.05, 0) is 43.0 Å². The molecule has 1 atom stereocenters. The van der Waals surface area contributed by atoms with Crippen LogP contribution in [0.3, 0.4) is 0 Å². The summed E-state index contributed by atoms with van der Waals surface area (Å²) in [4.78, 5) is 14.3. The highest BCUT2D eigenvalue weighted by molar-refractivity contribution is 7.14. The average molecular weight is 451 g/mol. The average Bonchev–Trinajstić information content (AvgIpc) is 3.28.